The van der Waals surface area contributed by atoms with Crippen molar-refractivity contribution in [3.63, 3.8) is 0 Å². The highest BCUT2D eigenvalue weighted by molar-refractivity contribution is 7.99. The van der Waals surface area contributed by atoms with Crippen LogP contribution in [-0.2, 0) is 9.53 Å². The van der Waals surface area contributed by atoms with Gasteiger partial charge in [-0.05, 0) is 19.1 Å². The van der Waals surface area contributed by atoms with E-state index in [-0.39, 0.29) is 5.97 Å². The SMILES string of the molecule is CCOC(=O)/C=C/C(SC)C(C)C. The van der Waals surface area contributed by atoms with Crippen molar-refractivity contribution >= 4 is 17.7 Å². The van der Waals surface area contributed by atoms with Gasteiger partial charge in [0.15, 0.2) is 0 Å². The van der Waals surface area contributed by atoms with E-state index < -0.39 is 0 Å². The van der Waals surface area contributed by atoms with Gasteiger partial charge in [-0.2, -0.15) is 11.8 Å². The third-order valence-electron chi connectivity index (χ3n) is 1.64. The molecule has 0 fully saturated rings. The molecule has 13 heavy (non-hydrogen) atoms. The van der Waals surface area contributed by atoms with E-state index in [4.69, 9.17) is 4.74 Å². The molecular formula is C10H18O2S. The van der Waals surface area contributed by atoms with Gasteiger partial charge < -0.3 is 4.74 Å². The van der Waals surface area contributed by atoms with Crippen molar-refractivity contribution in [3.05, 3.63) is 12.2 Å². The van der Waals surface area contributed by atoms with Crippen molar-refractivity contribution in [1.82, 2.24) is 0 Å². The molecule has 1 unspecified atom stereocenters. The van der Waals surface area contributed by atoms with Gasteiger partial charge >= 0.3 is 5.97 Å². The molecule has 0 aliphatic heterocycles. The summed E-state index contributed by atoms with van der Waals surface area (Å²) in [6.45, 7) is 6.52. The summed E-state index contributed by atoms with van der Waals surface area (Å²) >= 11 is 1.74. The van der Waals surface area contributed by atoms with Gasteiger partial charge in [-0.1, -0.05) is 19.9 Å². The van der Waals surface area contributed by atoms with Gasteiger partial charge in [-0.3, -0.25) is 0 Å². The first kappa shape index (κ1) is 12.6. The summed E-state index contributed by atoms with van der Waals surface area (Å²) in [6, 6.07) is 0. The van der Waals surface area contributed by atoms with E-state index >= 15 is 0 Å². The van der Waals surface area contributed by atoms with Gasteiger partial charge in [0.1, 0.15) is 0 Å². The third kappa shape index (κ3) is 5.75. The summed E-state index contributed by atoms with van der Waals surface area (Å²) in [4.78, 5) is 11.0. The van der Waals surface area contributed by atoms with Gasteiger partial charge in [-0.15, -0.1) is 0 Å². The van der Waals surface area contributed by atoms with Crippen LogP contribution in [0.3, 0.4) is 0 Å². The number of hydrogen-bond acceptors (Lipinski definition) is 3. The zero-order valence-electron chi connectivity index (χ0n) is 8.74. The molecule has 0 aromatic rings. The van der Waals surface area contributed by atoms with Crippen LogP contribution in [0.25, 0.3) is 0 Å². The summed E-state index contributed by atoms with van der Waals surface area (Å²) in [6.07, 6.45) is 5.47. The summed E-state index contributed by atoms with van der Waals surface area (Å²) < 4.78 is 4.78. The Balaban J connectivity index is 3.99. The molecular weight excluding hydrogens is 184 g/mol. The number of hydrogen-bond donors (Lipinski definition) is 0. The smallest absolute Gasteiger partial charge is 0.330 e. The minimum absolute atomic E-state index is 0.248. The van der Waals surface area contributed by atoms with E-state index in [9.17, 15) is 4.79 Å². The van der Waals surface area contributed by atoms with E-state index in [0.717, 1.165) is 0 Å². The van der Waals surface area contributed by atoms with Crippen LogP contribution in [-0.4, -0.2) is 24.1 Å². The Bertz CT molecular complexity index is 176. The summed E-state index contributed by atoms with van der Waals surface area (Å²) in [5.41, 5.74) is 0. The first-order valence-electron chi connectivity index (χ1n) is 4.49. The van der Waals surface area contributed by atoms with Crippen LogP contribution in [0.1, 0.15) is 20.8 Å². The van der Waals surface area contributed by atoms with Crippen LogP contribution < -0.4 is 0 Å². The van der Waals surface area contributed by atoms with Crippen molar-refractivity contribution in [3.8, 4) is 0 Å². The maximum atomic E-state index is 11.0. The van der Waals surface area contributed by atoms with Crippen LogP contribution in [0.5, 0.6) is 0 Å². The predicted octanol–water partition coefficient (Wildman–Crippen LogP) is 2.49. The van der Waals surface area contributed by atoms with Gasteiger partial charge in [0.25, 0.3) is 0 Å². The normalized spacial score (nSPS) is 13.6. The Morgan fingerprint density at radius 2 is 2.15 bits per heavy atom. The topological polar surface area (TPSA) is 26.3 Å². The third-order valence-corrected chi connectivity index (χ3v) is 2.88. The number of esters is 1. The van der Waals surface area contributed by atoms with Crippen molar-refractivity contribution < 1.29 is 9.53 Å². The number of carbonyl (C=O) groups is 1. The molecule has 0 heterocycles. The minimum atomic E-state index is -0.248. The molecule has 0 radical (unpaired) electrons. The average Bonchev–Trinajstić information content (AvgIpc) is 2.05. The molecule has 2 nitrogen and oxygen atoms in total. The number of carbonyl (C=O) groups excluding carboxylic acids is 1. The van der Waals surface area contributed by atoms with Crippen LogP contribution in [0.15, 0.2) is 12.2 Å². The summed E-state index contributed by atoms with van der Waals surface area (Å²) in [7, 11) is 0. The Labute approximate surface area is 84.7 Å². The largest absolute Gasteiger partial charge is 0.463 e. The standard InChI is InChI=1S/C10H18O2S/c1-5-12-10(11)7-6-9(13-4)8(2)3/h6-9H,5H2,1-4H3/b7-6+. The highest BCUT2D eigenvalue weighted by Crippen LogP contribution is 2.17. The predicted molar refractivity (Wildman–Crippen MR) is 57.9 cm³/mol. The molecule has 3 heteroatoms. The molecule has 0 spiro atoms. The lowest BCUT2D eigenvalue weighted by Gasteiger charge is -2.12. The Kier molecular flexibility index (Phi) is 6.77. The first-order chi connectivity index (χ1) is 6.11. The summed E-state index contributed by atoms with van der Waals surface area (Å²) in [5.74, 6) is 0.294. The minimum Gasteiger partial charge on any atom is -0.463 e. The number of rotatable bonds is 5. The lowest BCUT2D eigenvalue weighted by Crippen LogP contribution is -2.08. The molecule has 0 amide bonds. The van der Waals surface area contributed by atoms with Crippen LogP contribution in [0.4, 0.5) is 0 Å². The first-order valence-corrected chi connectivity index (χ1v) is 5.78. The molecule has 0 aliphatic carbocycles. The fourth-order valence-corrected chi connectivity index (χ4v) is 1.72. The Morgan fingerprint density at radius 3 is 2.54 bits per heavy atom. The van der Waals surface area contributed by atoms with Gasteiger partial charge in [0, 0.05) is 11.3 Å². The molecule has 0 N–H and O–H groups in total. The second-order valence-electron chi connectivity index (χ2n) is 3.06. The monoisotopic (exact) mass is 202 g/mol. The lowest BCUT2D eigenvalue weighted by atomic mass is 10.1. The van der Waals surface area contributed by atoms with E-state index in [2.05, 4.69) is 13.8 Å². The quantitative estimate of drug-likeness (QED) is 0.506. The molecule has 0 saturated heterocycles. The molecule has 0 saturated carbocycles. The molecule has 0 aliphatic rings. The van der Waals surface area contributed by atoms with Crippen molar-refractivity contribution in [2.75, 3.05) is 12.9 Å². The van der Waals surface area contributed by atoms with Crippen molar-refractivity contribution in [1.29, 1.82) is 0 Å². The molecule has 0 rings (SSSR count). The molecule has 76 valence electrons. The maximum Gasteiger partial charge on any atom is 0.330 e. The van der Waals surface area contributed by atoms with Crippen LogP contribution >= 0.6 is 11.8 Å². The zero-order chi connectivity index (χ0) is 10.3. The second-order valence-corrected chi connectivity index (χ2v) is 4.07. The van der Waals surface area contributed by atoms with Crippen LogP contribution in [0.2, 0.25) is 0 Å². The fraction of sp³-hybridized carbons (Fsp3) is 0.700. The van der Waals surface area contributed by atoms with Crippen molar-refractivity contribution in [2.24, 2.45) is 5.92 Å². The maximum absolute atomic E-state index is 11.0. The second kappa shape index (κ2) is 7.01. The molecule has 1 atom stereocenters. The molecule has 0 aromatic heterocycles. The van der Waals surface area contributed by atoms with Crippen molar-refractivity contribution in [2.45, 2.75) is 26.0 Å². The fourth-order valence-electron chi connectivity index (χ4n) is 0.937. The van der Waals surface area contributed by atoms with E-state index in [1.165, 1.54) is 6.08 Å². The van der Waals surface area contributed by atoms with E-state index in [0.29, 0.717) is 17.8 Å². The molecule has 0 aromatic carbocycles. The summed E-state index contributed by atoms with van der Waals surface area (Å²) in [5, 5.41) is 0.393. The van der Waals surface area contributed by atoms with E-state index in [1.807, 2.05) is 12.3 Å². The number of ether oxygens (including phenoxy) is 1. The van der Waals surface area contributed by atoms with Gasteiger partial charge in [0.05, 0.1) is 6.61 Å². The van der Waals surface area contributed by atoms with Gasteiger partial charge in [0.2, 0.25) is 0 Å². The van der Waals surface area contributed by atoms with Crippen LogP contribution in [0, 0.1) is 5.92 Å². The van der Waals surface area contributed by atoms with Gasteiger partial charge in [-0.25, -0.2) is 4.79 Å². The Hall–Kier alpha value is -0.440. The average molecular weight is 202 g/mol. The Morgan fingerprint density at radius 1 is 1.54 bits per heavy atom. The lowest BCUT2D eigenvalue weighted by molar-refractivity contribution is -0.137. The highest BCUT2D eigenvalue weighted by atomic mass is 32.2. The van der Waals surface area contributed by atoms with E-state index in [1.54, 1.807) is 18.7 Å². The molecule has 0 bridgehead atoms. The highest BCUT2D eigenvalue weighted by Gasteiger charge is 2.07. The number of thioether (sulfide) groups is 1. The zero-order valence-corrected chi connectivity index (χ0v) is 9.56.